The number of fused-ring (bicyclic) bond motifs is 1. The molecule has 3 amide bonds. The van der Waals surface area contributed by atoms with Gasteiger partial charge in [0.05, 0.1) is 11.8 Å². The molecule has 1 saturated heterocycles. The molecule has 0 aromatic heterocycles. The number of amides is 3. The summed E-state index contributed by atoms with van der Waals surface area (Å²) in [6, 6.07) is 13.9. The van der Waals surface area contributed by atoms with Gasteiger partial charge in [-0.1, -0.05) is 36.0 Å². The lowest BCUT2D eigenvalue weighted by atomic mass is 9.85. The maximum Gasteiger partial charge on any atom is 0.244 e. The van der Waals surface area contributed by atoms with E-state index in [-0.39, 0.29) is 36.1 Å². The van der Waals surface area contributed by atoms with E-state index in [4.69, 9.17) is 0 Å². The zero-order valence-electron chi connectivity index (χ0n) is 17.1. The summed E-state index contributed by atoms with van der Waals surface area (Å²) in [4.78, 5) is 40.8. The van der Waals surface area contributed by atoms with E-state index in [2.05, 4.69) is 37.4 Å². The van der Waals surface area contributed by atoms with Gasteiger partial charge in [0.15, 0.2) is 0 Å². The Bertz CT molecular complexity index is 1000. The van der Waals surface area contributed by atoms with Crippen molar-refractivity contribution < 1.29 is 14.4 Å². The molecule has 2 aromatic carbocycles. The first-order chi connectivity index (χ1) is 14.4. The molecule has 1 heterocycles. The van der Waals surface area contributed by atoms with Gasteiger partial charge in [-0.3, -0.25) is 19.3 Å². The van der Waals surface area contributed by atoms with Crippen LogP contribution in [0.1, 0.15) is 24.0 Å². The van der Waals surface area contributed by atoms with Crippen LogP contribution < -0.4 is 5.32 Å². The summed E-state index contributed by atoms with van der Waals surface area (Å²) >= 11 is 1.68. The largest absolute Gasteiger partial charge is 0.325 e. The zero-order chi connectivity index (χ0) is 21.3. The molecule has 1 aliphatic heterocycles. The van der Waals surface area contributed by atoms with Gasteiger partial charge in [0.2, 0.25) is 17.7 Å². The monoisotopic (exact) mass is 420 g/mol. The smallest absolute Gasteiger partial charge is 0.244 e. The Kier molecular flexibility index (Phi) is 5.77. The average molecular weight is 421 g/mol. The topological polar surface area (TPSA) is 66.5 Å². The lowest BCUT2D eigenvalue weighted by Gasteiger charge is -2.14. The van der Waals surface area contributed by atoms with E-state index in [1.54, 1.807) is 11.8 Å². The second-order valence-corrected chi connectivity index (χ2v) is 8.98. The molecule has 1 aliphatic carbocycles. The zero-order valence-corrected chi connectivity index (χ0v) is 17.9. The molecule has 5 nitrogen and oxygen atoms in total. The van der Waals surface area contributed by atoms with Crippen molar-refractivity contribution in [2.45, 2.75) is 36.5 Å². The first kappa shape index (κ1) is 20.4. The molecule has 0 radical (unpaired) electrons. The minimum atomic E-state index is -0.363. The van der Waals surface area contributed by atoms with Gasteiger partial charge in [0.1, 0.15) is 6.54 Å². The minimum Gasteiger partial charge on any atom is -0.325 e. The van der Waals surface area contributed by atoms with Crippen LogP contribution in [0.25, 0.3) is 0 Å². The van der Waals surface area contributed by atoms with Crippen molar-refractivity contribution in [2.24, 2.45) is 11.8 Å². The number of imide groups is 1. The lowest BCUT2D eigenvalue weighted by molar-refractivity contribution is -0.142. The number of benzene rings is 2. The van der Waals surface area contributed by atoms with Crippen LogP contribution in [0.3, 0.4) is 0 Å². The van der Waals surface area contributed by atoms with Crippen LogP contribution in [-0.2, 0) is 14.4 Å². The second kappa shape index (κ2) is 8.48. The van der Waals surface area contributed by atoms with E-state index < -0.39 is 0 Å². The van der Waals surface area contributed by atoms with Crippen molar-refractivity contribution in [3.8, 4) is 0 Å². The molecule has 4 rings (SSSR count). The third kappa shape index (κ3) is 4.19. The Labute approximate surface area is 180 Å². The molecule has 0 bridgehead atoms. The predicted octanol–water partition coefficient (Wildman–Crippen LogP) is 4.34. The number of hydrogen-bond acceptors (Lipinski definition) is 4. The summed E-state index contributed by atoms with van der Waals surface area (Å²) in [7, 11) is 0. The molecule has 1 N–H and O–H groups in total. The Morgan fingerprint density at radius 1 is 1.00 bits per heavy atom. The van der Waals surface area contributed by atoms with E-state index in [0.29, 0.717) is 18.5 Å². The highest BCUT2D eigenvalue weighted by atomic mass is 32.2. The molecule has 1 fully saturated rings. The van der Waals surface area contributed by atoms with Gasteiger partial charge < -0.3 is 5.32 Å². The summed E-state index contributed by atoms with van der Waals surface area (Å²) in [5.74, 6) is -1.44. The fraction of sp³-hybridized carbons (Fsp3) is 0.292. The number of nitrogens with zero attached hydrogens (tertiary/aromatic N) is 1. The summed E-state index contributed by atoms with van der Waals surface area (Å²) < 4.78 is 0. The number of carbonyl (C=O) groups excluding carboxylic acids is 3. The number of aryl methyl sites for hydroxylation is 2. The highest BCUT2D eigenvalue weighted by Gasteiger charge is 2.47. The van der Waals surface area contributed by atoms with Gasteiger partial charge in [-0.25, -0.2) is 0 Å². The Morgan fingerprint density at radius 3 is 2.27 bits per heavy atom. The van der Waals surface area contributed by atoms with E-state index in [1.165, 1.54) is 16.0 Å². The van der Waals surface area contributed by atoms with E-state index in [0.717, 1.165) is 9.80 Å². The van der Waals surface area contributed by atoms with Crippen molar-refractivity contribution >= 4 is 35.2 Å². The molecule has 154 valence electrons. The first-order valence-corrected chi connectivity index (χ1v) is 10.9. The van der Waals surface area contributed by atoms with Crippen molar-refractivity contribution in [1.82, 2.24) is 4.90 Å². The molecular weight excluding hydrogens is 396 g/mol. The average Bonchev–Trinajstić information content (AvgIpc) is 2.97. The van der Waals surface area contributed by atoms with Gasteiger partial charge in [0.25, 0.3) is 0 Å². The number of allylic oxidation sites excluding steroid dienone is 2. The van der Waals surface area contributed by atoms with Crippen LogP contribution in [0.2, 0.25) is 0 Å². The third-order valence-corrected chi connectivity index (χ3v) is 6.78. The fourth-order valence-corrected chi connectivity index (χ4v) is 4.92. The van der Waals surface area contributed by atoms with Crippen LogP contribution in [-0.4, -0.2) is 29.2 Å². The number of nitrogens with one attached hydrogen (secondary N) is 1. The summed E-state index contributed by atoms with van der Waals surface area (Å²) in [6.07, 6.45) is 5.03. The SMILES string of the molecule is Cc1ccc(C)c(Sc2ccc(NC(=O)CN3C(=O)[C@@H]4CC=CC[C@H]4C3=O)cc2)c1. The van der Waals surface area contributed by atoms with Gasteiger partial charge in [-0.2, -0.15) is 0 Å². The van der Waals surface area contributed by atoms with Gasteiger partial charge >= 0.3 is 0 Å². The second-order valence-electron chi connectivity index (χ2n) is 7.86. The number of carbonyl (C=O) groups is 3. The van der Waals surface area contributed by atoms with Crippen LogP contribution in [0, 0.1) is 25.7 Å². The Morgan fingerprint density at radius 2 is 1.63 bits per heavy atom. The third-order valence-electron chi connectivity index (χ3n) is 5.61. The first-order valence-electron chi connectivity index (χ1n) is 10.1. The van der Waals surface area contributed by atoms with Crippen molar-refractivity contribution in [2.75, 3.05) is 11.9 Å². The van der Waals surface area contributed by atoms with Crippen molar-refractivity contribution in [1.29, 1.82) is 0 Å². The molecule has 30 heavy (non-hydrogen) atoms. The molecule has 6 heteroatoms. The number of hydrogen-bond donors (Lipinski definition) is 1. The van der Waals surface area contributed by atoms with Gasteiger partial charge in [-0.15, -0.1) is 0 Å². The predicted molar refractivity (Wildman–Crippen MR) is 117 cm³/mol. The number of likely N-dealkylation sites (tertiary alicyclic amines) is 1. The molecule has 2 aliphatic rings. The Hall–Kier alpha value is -2.86. The highest BCUT2D eigenvalue weighted by molar-refractivity contribution is 7.99. The Balaban J connectivity index is 1.36. The lowest BCUT2D eigenvalue weighted by Crippen LogP contribution is -2.38. The number of anilines is 1. The summed E-state index contributed by atoms with van der Waals surface area (Å²) in [5, 5.41) is 2.79. The van der Waals surface area contributed by atoms with E-state index in [1.807, 2.05) is 36.4 Å². The van der Waals surface area contributed by atoms with E-state index in [9.17, 15) is 14.4 Å². The molecule has 0 unspecified atom stereocenters. The van der Waals surface area contributed by atoms with E-state index >= 15 is 0 Å². The minimum absolute atomic E-state index is 0.232. The van der Waals surface area contributed by atoms with Crippen LogP contribution in [0.4, 0.5) is 5.69 Å². The molecule has 2 atom stereocenters. The standard InChI is InChI=1S/C24H24N2O3S/c1-15-7-8-16(2)21(13-15)30-18-11-9-17(10-12-18)25-22(27)14-26-23(28)19-5-3-4-6-20(19)24(26)29/h3-4,7-13,19-20H,5-6,14H2,1-2H3,(H,25,27)/t19-,20-/m1/s1. The molecule has 0 saturated carbocycles. The summed E-state index contributed by atoms with van der Waals surface area (Å²) in [5.41, 5.74) is 3.08. The van der Waals surface area contributed by atoms with Crippen LogP contribution >= 0.6 is 11.8 Å². The molecular formula is C24H24N2O3S. The maximum atomic E-state index is 12.5. The van der Waals surface area contributed by atoms with Crippen molar-refractivity contribution in [3.63, 3.8) is 0 Å². The normalized spacial score (nSPS) is 20.4. The number of rotatable bonds is 5. The maximum absolute atomic E-state index is 12.5. The van der Waals surface area contributed by atoms with Crippen LogP contribution in [0.5, 0.6) is 0 Å². The highest BCUT2D eigenvalue weighted by Crippen LogP contribution is 2.35. The fourth-order valence-electron chi connectivity index (χ4n) is 3.92. The molecule has 0 spiro atoms. The van der Waals surface area contributed by atoms with Crippen molar-refractivity contribution in [3.05, 3.63) is 65.7 Å². The quantitative estimate of drug-likeness (QED) is 0.577. The summed E-state index contributed by atoms with van der Waals surface area (Å²) in [6.45, 7) is 3.93. The van der Waals surface area contributed by atoms with Gasteiger partial charge in [-0.05, 0) is 68.1 Å². The van der Waals surface area contributed by atoms with Crippen LogP contribution in [0.15, 0.2) is 64.4 Å². The van der Waals surface area contributed by atoms with Gasteiger partial charge in [0, 0.05) is 15.5 Å². The molecule has 2 aromatic rings.